The van der Waals surface area contributed by atoms with Crippen LogP contribution in [-0.2, 0) is 0 Å². The van der Waals surface area contributed by atoms with E-state index in [1.54, 1.807) is 18.2 Å². The van der Waals surface area contributed by atoms with Crippen LogP contribution in [-0.4, -0.2) is 17.5 Å². The molecule has 0 fully saturated rings. The van der Waals surface area contributed by atoms with E-state index < -0.39 is 0 Å². The fraction of sp³-hybridized carbons (Fsp3) is 0.176. The zero-order valence-electron chi connectivity index (χ0n) is 11.6. The van der Waals surface area contributed by atoms with Crippen LogP contribution in [0, 0.1) is 6.92 Å². The summed E-state index contributed by atoms with van der Waals surface area (Å²) in [6, 6.07) is 10.9. The summed E-state index contributed by atoms with van der Waals surface area (Å²) in [6.45, 7) is 1.80. The number of aliphatic hydroxyl groups is 1. The highest BCUT2D eigenvalue weighted by Crippen LogP contribution is 2.26. The summed E-state index contributed by atoms with van der Waals surface area (Å²) >= 11 is 1.51. The molecule has 1 N–H and O–H groups in total. The number of aryl methyl sites for hydroxylation is 1. The Morgan fingerprint density at radius 2 is 1.90 bits per heavy atom. The molecule has 4 heteroatoms. The van der Waals surface area contributed by atoms with Crippen molar-refractivity contribution in [2.24, 2.45) is 0 Å². The Bertz CT molecular complexity index is 909. The predicted octanol–water partition coefficient (Wildman–Crippen LogP) is 3.29. The summed E-state index contributed by atoms with van der Waals surface area (Å²) in [4.78, 5) is 24.4. The maximum absolute atomic E-state index is 12.5. The first-order valence-electron chi connectivity index (χ1n) is 6.71. The molecular formula is C17H14O3S. The van der Waals surface area contributed by atoms with Gasteiger partial charge >= 0.3 is 0 Å². The van der Waals surface area contributed by atoms with Crippen LogP contribution in [0.5, 0.6) is 0 Å². The Morgan fingerprint density at radius 3 is 2.67 bits per heavy atom. The van der Waals surface area contributed by atoms with Gasteiger partial charge in [-0.15, -0.1) is 11.3 Å². The highest BCUT2D eigenvalue weighted by atomic mass is 32.1. The number of Topliss-reactive ketones (excluding diaryl/α,β-unsaturated/α-hetero) is 1. The number of hydrogen-bond acceptors (Lipinski definition) is 4. The largest absolute Gasteiger partial charge is 0.396 e. The molecule has 0 saturated carbocycles. The lowest BCUT2D eigenvalue weighted by Crippen LogP contribution is -2.04. The first-order valence-corrected chi connectivity index (χ1v) is 7.53. The normalized spacial score (nSPS) is 11.1. The van der Waals surface area contributed by atoms with Crippen LogP contribution in [0.2, 0.25) is 0 Å². The van der Waals surface area contributed by atoms with E-state index in [4.69, 9.17) is 5.11 Å². The molecule has 0 unspecified atom stereocenters. The van der Waals surface area contributed by atoms with Crippen LogP contribution in [0.4, 0.5) is 0 Å². The topological polar surface area (TPSA) is 54.4 Å². The van der Waals surface area contributed by atoms with Crippen LogP contribution in [0.25, 0.3) is 20.2 Å². The molecule has 0 bridgehead atoms. The van der Waals surface area contributed by atoms with Crippen molar-refractivity contribution in [2.75, 3.05) is 6.61 Å². The molecule has 3 aromatic rings. The lowest BCUT2D eigenvalue weighted by atomic mass is 10.1. The van der Waals surface area contributed by atoms with Gasteiger partial charge in [-0.1, -0.05) is 17.7 Å². The molecule has 0 aliphatic carbocycles. The first-order chi connectivity index (χ1) is 10.1. The fourth-order valence-electron chi connectivity index (χ4n) is 2.39. The maximum Gasteiger partial charge on any atom is 0.195 e. The van der Waals surface area contributed by atoms with E-state index in [2.05, 4.69) is 0 Å². The van der Waals surface area contributed by atoms with Crippen LogP contribution in [0.1, 0.15) is 22.3 Å². The minimum absolute atomic E-state index is 0.00334. The predicted molar refractivity (Wildman–Crippen MR) is 86.4 cm³/mol. The lowest BCUT2D eigenvalue weighted by molar-refractivity contribution is 0.0957. The van der Waals surface area contributed by atoms with E-state index in [-0.39, 0.29) is 24.2 Å². The van der Waals surface area contributed by atoms with Gasteiger partial charge in [0.25, 0.3) is 0 Å². The molecule has 1 aromatic heterocycles. The molecule has 3 nitrogen and oxygen atoms in total. The molecule has 3 rings (SSSR count). The van der Waals surface area contributed by atoms with Gasteiger partial charge in [-0.2, -0.15) is 0 Å². The van der Waals surface area contributed by atoms with Gasteiger partial charge in [-0.3, -0.25) is 9.59 Å². The molecule has 2 aromatic carbocycles. The lowest BCUT2D eigenvalue weighted by Gasteiger charge is -2.04. The molecule has 0 amide bonds. The molecule has 0 saturated heterocycles. The molecule has 0 atom stereocenters. The Balaban J connectivity index is 2.27. The monoisotopic (exact) mass is 298 g/mol. The molecular weight excluding hydrogens is 284 g/mol. The van der Waals surface area contributed by atoms with Gasteiger partial charge < -0.3 is 5.11 Å². The third-order valence-electron chi connectivity index (χ3n) is 3.49. The second-order valence-electron chi connectivity index (χ2n) is 5.04. The van der Waals surface area contributed by atoms with E-state index in [0.717, 1.165) is 20.3 Å². The summed E-state index contributed by atoms with van der Waals surface area (Å²) in [6.07, 6.45) is 0.104. The van der Waals surface area contributed by atoms with Crippen molar-refractivity contribution < 1.29 is 9.90 Å². The second-order valence-corrected chi connectivity index (χ2v) is 6.12. The van der Waals surface area contributed by atoms with Gasteiger partial charge in [0, 0.05) is 32.2 Å². The molecule has 0 aliphatic rings. The molecule has 21 heavy (non-hydrogen) atoms. The summed E-state index contributed by atoms with van der Waals surface area (Å²) in [7, 11) is 0. The van der Waals surface area contributed by atoms with E-state index >= 15 is 0 Å². The van der Waals surface area contributed by atoms with Gasteiger partial charge in [-0.25, -0.2) is 0 Å². The zero-order chi connectivity index (χ0) is 15.0. The summed E-state index contributed by atoms with van der Waals surface area (Å²) in [5.74, 6) is -0.108. The standard InChI is InChI=1S/C17H14O3S/c1-10-2-5-15-13(8-10)17(20)12-4-3-11(9-16(12)21-15)14(19)6-7-18/h2-5,8-9,18H,6-7H2,1H3. The third kappa shape index (κ3) is 2.48. The number of benzene rings is 2. The number of carbonyl (C=O) groups excluding carboxylic acids is 1. The number of aliphatic hydroxyl groups excluding tert-OH is 1. The number of ketones is 1. The molecule has 0 aliphatic heterocycles. The molecule has 0 radical (unpaired) electrons. The molecule has 0 spiro atoms. The van der Waals surface area contributed by atoms with Crippen molar-refractivity contribution in [1.29, 1.82) is 0 Å². The molecule has 106 valence electrons. The highest BCUT2D eigenvalue weighted by molar-refractivity contribution is 7.24. The first kappa shape index (κ1) is 13.9. The van der Waals surface area contributed by atoms with E-state index in [9.17, 15) is 9.59 Å². The average molecular weight is 298 g/mol. The second kappa shape index (κ2) is 5.39. The Labute approximate surface area is 125 Å². The van der Waals surface area contributed by atoms with Crippen molar-refractivity contribution in [3.63, 3.8) is 0 Å². The number of fused-ring (bicyclic) bond motifs is 2. The van der Waals surface area contributed by atoms with Crippen molar-refractivity contribution in [3.8, 4) is 0 Å². The third-order valence-corrected chi connectivity index (χ3v) is 4.62. The summed E-state index contributed by atoms with van der Waals surface area (Å²) < 4.78 is 1.73. The average Bonchev–Trinajstić information content (AvgIpc) is 2.48. The molecule has 1 heterocycles. The number of carbonyl (C=O) groups is 1. The van der Waals surface area contributed by atoms with Gasteiger partial charge in [0.05, 0.1) is 6.61 Å². The number of hydrogen-bond donors (Lipinski definition) is 1. The van der Waals surface area contributed by atoms with Gasteiger partial charge in [0.1, 0.15) is 0 Å². The van der Waals surface area contributed by atoms with E-state index in [0.29, 0.717) is 10.9 Å². The van der Waals surface area contributed by atoms with Crippen LogP contribution in [0.3, 0.4) is 0 Å². The summed E-state index contributed by atoms with van der Waals surface area (Å²) in [5.41, 5.74) is 1.60. The Hall–Kier alpha value is -2.04. The Kier molecular flexibility index (Phi) is 3.57. The van der Waals surface area contributed by atoms with Crippen LogP contribution < -0.4 is 5.43 Å². The highest BCUT2D eigenvalue weighted by Gasteiger charge is 2.10. The Morgan fingerprint density at radius 1 is 1.10 bits per heavy atom. The van der Waals surface area contributed by atoms with Crippen LogP contribution in [0.15, 0.2) is 41.2 Å². The SMILES string of the molecule is Cc1ccc2sc3cc(C(=O)CCO)ccc3c(=O)c2c1. The summed E-state index contributed by atoms with van der Waals surface area (Å²) in [5, 5.41) is 10.2. The quantitative estimate of drug-likeness (QED) is 0.596. The van der Waals surface area contributed by atoms with Crippen LogP contribution >= 0.6 is 11.3 Å². The fourth-order valence-corrected chi connectivity index (χ4v) is 3.48. The van der Waals surface area contributed by atoms with Crippen molar-refractivity contribution >= 4 is 37.3 Å². The number of rotatable bonds is 3. The minimum atomic E-state index is -0.163. The van der Waals surface area contributed by atoms with Gasteiger partial charge in [0.15, 0.2) is 11.2 Å². The van der Waals surface area contributed by atoms with E-state index in [1.165, 1.54) is 11.3 Å². The van der Waals surface area contributed by atoms with Gasteiger partial charge in [-0.05, 0) is 31.2 Å². The van der Waals surface area contributed by atoms with Crippen molar-refractivity contribution in [3.05, 3.63) is 57.7 Å². The maximum atomic E-state index is 12.5. The van der Waals surface area contributed by atoms with E-state index in [1.807, 2.05) is 25.1 Å². The zero-order valence-corrected chi connectivity index (χ0v) is 12.4. The smallest absolute Gasteiger partial charge is 0.195 e. The van der Waals surface area contributed by atoms with Crippen molar-refractivity contribution in [1.82, 2.24) is 0 Å². The van der Waals surface area contributed by atoms with Crippen molar-refractivity contribution in [2.45, 2.75) is 13.3 Å². The minimum Gasteiger partial charge on any atom is -0.396 e. The van der Waals surface area contributed by atoms with Gasteiger partial charge in [0.2, 0.25) is 0 Å².